The summed E-state index contributed by atoms with van der Waals surface area (Å²) < 4.78 is 0.997. The quantitative estimate of drug-likeness (QED) is 0.834. The van der Waals surface area contributed by atoms with Crippen molar-refractivity contribution in [2.24, 2.45) is 0 Å². The lowest BCUT2D eigenvalue weighted by atomic mass is 9.78. The molecule has 3 nitrogen and oxygen atoms in total. The van der Waals surface area contributed by atoms with Crippen LogP contribution in [0.4, 0.5) is 0 Å². The fraction of sp³-hybridized carbons (Fsp3) is 0.333. The Morgan fingerprint density at radius 3 is 2.95 bits per heavy atom. The van der Waals surface area contributed by atoms with Crippen molar-refractivity contribution >= 4 is 33.0 Å². The van der Waals surface area contributed by atoms with Gasteiger partial charge in [-0.3, -0.25) is 4.79 Å². The monoisotopic (exact) mass is 348 g/mol. The Labute approximate surface area is 130 Å². The molecule has 1 atom stereocenters. The summed E-state index contributed by atoms with van der Waals surface area (Å²) in [5.74, 6) is -0.0196. The first-order chi connectivity index (χ1) is 9.61. The second kappa shape index (κ2) is 5.19. The van der Waals surface area contributed by atoms with Crippen molar-refractivity contribution in [2.75, 3.05) is 0 Å². The van der Waals surface area contributed by atoms with Crippen LogP contribution in [0.5, 0.6) is 0 Å². The van der Waals surface area contributed by atoms with Crippen LogP contribution in [-0.2, 0) is 4.79 Å². The number of carbonyl (C=O) groups is 1. The molecule has 0 saturated carbocycles. The van der Waals surface area contributed by atoms with Gasteiger partial charge in [0.25, 0.3) is 0 Å². The lowest BCUT2D eigenvalue weighted by Gasteiger charge is -2.31. The first kappa shape index (κ1) is 13.6. The van der Waals surface area contributed by atoms with E-state index in [-0.39, 0.29) is 11.7 Å². The molecule has 1 N–H and O–H groups in total. The molecule has 0 saturated heterocycles. The number of rotatable bonds is 1. The summed E-state index contributed by atoms with van der Waals surface area (Å²) in [5, 5.41) is 14.7. The number of allylic oxidation sites excluding steroid dienone is 4. The first-order valence-electron chi connectivity index (χ1n) is 6.50. The zero-order valence-corrected chi connectivity index (χ0v) is 13.4. The van der Waals surface area contributed by atoms with E-state index < -0.39 is 0 Å². The highest BCUT2D eigenvalue weighted by atomic mass is 79.9. The number of nitrogens with zero attached hydrogens (tertiary/aromatic N) is 1. The summed E-state index contributed by atoms with van der Waals surface area (Å²) in [5.41, 5.74) is 3.34. The summed E-state index contributed by atoms with van der Waals surface area (Å²) in [4.78, 5) is 13.4. The molecule has 0 spiro atoms. The highest BCUT2D eigenvalue weighted by molar-refractivity contribution is 9.10. The average molecular weight is 349 g/mol. The number of carbonyl (C=O) groups excluding carboxylic acids is 1. The van der Waals surface area contributed by atoms with Crippen LogP contribution in [0, 0.1) is 11.3 Å². The van der Waals surface area contributed by atoms with E-state index in [1.807, 2.05) is 18.4 Å². The predicted molar refractivity (Wildman–Crippen MR) is 82.1 cm³/mol. The molecule has 0 bridgehead atoms. The second-order valence-electron chi connectivity index (χ2n) is 5.04. The number of thiophene rings is 1. The van der Waals surface area contributed by atoms with E-state index in [1.165, 1.54) is 0 Å². The van der Waals surface area contributed by atoms with Crippen molar-refractivity contribution in [3.63, 3.8) is 0 Å². The van der Waals surface area contributed by atoms with Crippen LogP contribution in [0.15, 0.2) is 38.5 Å². The molecule has 102 valence electrons. The molecular formula is C15H13BrN2OS. The Bertz CT molecular complexity index is 693. The lowest BCUT2D eigenvalue weighted by Crippen LogP contribution is -2.30. The van der Waals surface area contributed by atoms with Crippen LogP contribution in [0.2, 0.25) is 0 Å². The van der Waals surface area contributed by atoms with E-state index in [4.69, 9.17) is 0 Å². The second-order valence-corrected chi connectivity index (χ2v) is 6.90. The minimum Gasteiger partial charge on any atom is -0.361 e. The van der Waals surface area contributed by atoms with Gasteiger partial charge in [0.05, 0.1) is 17.6 Å². The third-order valence-corrected chi connectivity index (χ3v) is 5.53. The molecule has 0 amide bonds. The van der Waals surface area contributed by atoms with E-state index in [0.717, 1.165) is 39.2 Å². The molecule has 3 rings (SSSR count). The Kier molecular flexibility index (Phi) is 3.53. The van der Waals surface area contributed by atoms with Gasteiger partial charge in [-0.05, 0) is 41.8 Å². The molecule has 2 aliphatic rings. The predicted octanol–water partition coefficient (Wildman–Crippen LogP) is 4.00. The zero-order chi connectivity index (χ0) is 14.3. The van der Waals surface area contributed by atoms with Gasteiger partial charge in [-0.1, -0.05) is 0 Å². The van der Waals surface area contributed by atoms with Gasteiger partial charge in [0.2, 0.25) is 0 Å². The van der Waals surface area contributed by atoms with Gasteiger partial charge in [0.1, 0.15) is 0 Å². The van der Waals surface area contributed by atoms with Crippen LogP contribution in [0.1, 0.15) is 37.0 Å². The van der Waals surface area contributed by atoms with E-state index in [2.05, 4.69) is 27.3 Å². The SMILES string of the molecule is CC1=C(C#N)C(c2cc(Br)cs2)C2=C(CCCC2=O)N1. The number of halogens is 1. The van der Waals surface area contributed by atoms with Crippen molar-refractivity contribution in [3.8, 4) is 6.07 Å². The van der Waals surface area contributed by atoms with Gasteiger partial charge >= 0.3 is 0 Å². The Morgan fingerprint density at radius 2 is 2.30 bits per heavy atom. The molecule has 1 aliphatic heterocycles. The summed E-state index contributed by atoms with van der Waals surface area (Å²) in [6.45, 7) is 1.91. The molecule has 2 heterocycles. The topological polar surface area (TPSA) is 52.9 Å². The normalized spacial score (nSPS) is 22.4. The van der Waals surface area contributed by atoms with Crippen LogP contribution >= 0.6 is 27.3 Å². The fourth-order valence-electron chi connectivity index (χ4n) is 2.90. The molecule has 20 heavy (non-hydrogen) atoms. The van der Waals surface area contributed by atoms with Gasteiger partial charge in [0, 0.05) is 38.1 Å². The minimum atomic E-state index is -0.194. The van der Waals surface area contributed by atoms with Crippen molar-refractivity contribution in [3.05, 3.63) is 43.3 Å². The van der Waals surface area contributed by atoms with E-state index >= 15 is 0 Å². The minimum absolute atomic E-state index is 0.175. The number of ketones is 1. The van der Waals surface area contributed by atoms with Crippen LogP contribution in [-0.4, -0.2) is 5.78 Å². The van der Waals surface area contributed by atoms with Gasteiger partial charge in [-0.2, -0.15) is 5.26 Å². The third-order valence-electron chi connectivity index (χ3n) is 3.77. The van der Waals surface area contributed by atoms with Crippen LogP contribution < -0.4 is 5.32 Å². The van der Waals surface area contributed by atoms with Gasteiger partial charge in [-0.15, -0.1) is 11.3 Å². The molecule has 1 aliphatic carbocycles. The summed E-state index contributed by atoms with van der Waals surface area (Å²) in [6, 6.07) is 4.30. The van der Waals surface area contributed by atoms with Crippen molar-refractivity contribution in [1.82, 2.24) is 5.32 Å². The lowest BCUT2D eigenvalue weighted by molar-refractivity contribution is -0.116. The summed E-state index contributed by atoms with van der Waals surface area (Å²) in [6.07, 6.45) is 2.36. The highest BCUT2D eigenvalue weighted by Crippen LogP contribution is 2.44. The maximum atomic E-state index is 12.4. The van der Waals surface area contributed by atoms with E-state index in [1.54, 1.807) is 11.3 Å². The number of hydrogen-bond donors (Lipinski definition) is 1. The molecular weight excluding hydrogens is 336 g/mol. The maximum absolute atomic E-state index is 12.4. The molecule has 1 aromatic heterocycles. The van der Waals surface area contributed by atoms with Crippen LogP contribution in [0.25, 0.3) is 0 Å². The first-order valence-corrected chi connectivity index (χ1v) is 8.17. The Balaban J connectivity index is 2.18. The number of Topliss-reactive ketones (excluding diaryl/α,β-unsaturated/α-hetero) is 1. The average Bonchev–Trinajstić information content (AvgIpc) is 2.84. The highest BCUT2D eigenvalue weighted by Gasteiger charge is 2.36. The molecule has 5 heteroatoms. The zero-order valence-electron chi connectivity index (χ0n) is 11.0. The van der Waals surface area contributed by atoms with E-state index in [0.29, 0.717) is 12.0 Å². The Morgan fingerprint density at radius 1 is 1.50 bits per heavy atom. The summed E-state index contributed by atoms with van der Waals surface area (Å²) >= 11 is 5.04. The third kappa shape index (κ3) is 2.13. The van der Waals surface area contributed by atoms with Gasteiger partial charge < -0.3 is 5.32 Å². The number of hydrogen-bond acceptors (Lipinski definition) is 4. The molecule has 1 unspecified atom stereocenters. The molecule has 0 aromatic carbocycles. The molecule has 0 fully saturated rings. The molecule has 1 aromatic rings. The van der Waals surface area contributed by atoms with Gasteiger partial charge in [0.15, 0.2) is 5.78 Å². The van der Waals surface area contributed by atoms with Crippen molar-refractivity contribution in [2.45, 2.75) is 32.1 Å². The molecule has 0 radical (unpaired) electrons. The fourth-order valence-corrected chi connectivity index (χ4v) is 4.46. The maximum Gasteiger partial charge on any atom is 0.161 e. The number of nitrogens with one attached hydrogen (secondary N) is 1. The van der Waals surface area contributed by atoms with Crippen molar-refractivity contribution < 1.29 is 4.79 Å². The van der Waals surface area contributed by atoms with Gasteiger partial charge in [-0.25, -0.2) is 0 Å². The van der Waals surface area contributed by atoms with E-state index in [9.17, 15) is 10.1 Å². The van der Waals surface area contributed by atoms with Crippen LogP contribution in [0.3, 0.4) is 0 Å². The largest absolute Gasteiger partial charge is 0.361 e. The van der Waals surface area contributed by atoms with Crippen molar-refractivity contribution in [1.29, 1.82) is 5.26 Å². The Hall–Kier alpha value is -1.38. The number of dihydropyridines is 1. The smallest absolute Gasteiger partial charge is 0.161 e. The standard InChI is InChI=1S/C15H13BrN2OS/c1-8-10(6-17)14(13-5-9(16)7-20-13)15-11(18-8)3-2-4-12(15)19/h5,7,14,18H,2-4H2,1H3. The summed E-state index contributed by atoms with van der Waals surface area (Å²) in [7, 11) is 0. The number of nitriles is 1.